The van der Waals surface area contributed by atoms with E-state index in [4.69, 9.17) is 5.73 Å². The number of primary amides is 1. The first kappa shape index (κ1) is 13.6. The van der Waals surface area contributed by atoms with Crippen LogP contribution in [0.15, 0.2) is 11.4 Å². The summed E-state index contributed by atoms with van der Waals surface area (Å²) in [5, 5.41) is 12.1. The molecular formula is C14H18N2O3S. The molecule has 3 rings (SSSR count). The molecule has 3 atom stereocenters. The molecule has 2 fully saturated rings. The first-order chi connectivity index (χ1) is 9.42. The van der Waals surface area contributed by atoms with Crippen molar-refractivity contribution in [3.8, 4) is 0 Å². The third-order valence-corrected chi connectivity index (χ3v) is 5.52. The number of carbonyl (C=O) groups excluding carboxylic acids is 2. The number of hydrogen-bond acceptors (Lipinski definition) is 4. The second kappa shape index (κ2) is 4.56. The number of carbonyl (C=O) groups is 2. The molecule has 1 saturated carbocycles. The van der Waals surface area contributed by atoms with Crippen LogP contribution in [-0.2, 0) is 9.59 Å². The second-order valence-corrected chi connectivity index (χ2v) is 6.77. The minimum atomic E-state index is -1.54. The predicted octanol–water partition coefficient (Wildman–Crippen LogP) is 0.609. The van der Waals surface area contributed by atoms with Crippen molar-refractivity contribution < 1.29 is 14.7 Å². The molecule has 3 N–H and O–H groups in total. The van der Waals surface area contributed by atoms with Gasteiger partial charge in [-0.15, -0.1) is 11.3 Å². The molecule has 1 aromatic heterocycles. The molecular weight excluding hydrogens is 276 g/mol. The van der Waals surface area contributed by atoms with Crippen molar-refractivity contribution in [2.75, 3.05) is 13.1 Å². The van der Waals surface area contributed by atoms with Crippen LogP contribution in [0.2, 0.25) is 0 Å². The summed E-state index contributed by atoms with van der Waals surface area (Å²) < 4.78 is 0. The van der Waals surface area contributed by atoms with Gasteiger partial charge in [0.2, 0.25) is 5.91 Å². The maximum Gasteiger partial charge on any atom is 0.251 e. The van der Waals surface area contributed by atoms with Gasteiger partial charge in [0.05, 0.1) is 6.54 Å². The zero-order valence-corrected chi connectivity index (χ0v) is 12.2. The lowest BCUT2D eigenvalue weighted by Crippen LogP contribution is -2.47. The van der Waals surface area contributed by atoms with Crippen molar-refractivity contribution in [1.29, 1.82) is 0 Å². The minimum Gasteiger partial charge on any atom is -0.378 e. The average Bonchev–Trinajstić information content (AvgIpc) is 2.90. The van der Waals surface area contributed by atoms with Crippen LogP contribution < -0.4 is 5.73 Å². The van der Waals surface area contributed by atoms with Crippen LogP contribution in [0.4, 0.5) is 0 Å². The van der Waals surface area contributed by atoms with Crippen molar-refractivity contribution in [1.82, 2.24) is 4.90 Å². The van der Waals surface area contributed by atoms with Crippen LogP contribution in [0.1, 0.15) is 29.2 Å². The summed E-state index contributed by atoms with van der Waals surface area (Å²) in [5.74, 6) is -0.387. The highest BCUT2D eigenvalue weighted by Gasteiger charge is 2.51. The van der Waals surface area contributed by atoms with Crippen LogP contribution in [-0.4, -0.2) is 40.5 Å². The summed E-state index contributed by atoms with van der Waals surface area (Å²) >= 11 is 1.69. The fourth-order valence-corrected chi connectivity index (χ4v) is 4.05. The molecule has 0 spiro atoms. The third-order valence-electron chi connectivity index (χ3n) is 4.36. The largest absolute Gasteiger partial charge is 0.378 e. The van der Waals surface area contributed by atoms with Gasteiger partial charge in [-0.3, -0.25) is 9.59 Å². The van der Waals surface area contributed by atoms with Crippen molar-refractivity contribution in [3.05, 3.63) is 21.9 Å². The number of rotatable bonds is 3. The van der Waals surface area contributed by atoms with Gasteiger partial charge in [0.15, 0.2) is 5.60 Å². The predicted molar refractivity (Wildman–Crippen MR) is 75.2 cm³/mol. The Labute approximate surface area is 121 Å². The topological polar surface area (TPSA) is 83.6 Å². The third kappa shape index (κ3) is 2.13. The summed E-state index contributed by atoms with van der Waals surface area (Å²) in [6.45, 7) is 2.51. The molecule has 1 aliphatic carbocycles. The number of amides is 2. The fraction of sp³-hybridized carbons (Fsp3) is 0.571. The van der Waals surface area contributed by atoms with Crippen LogP contribution in [0.3, 0.4) is 0 Å². The van der Waals surface area contributed by atoms with E-state index in [-0.39, 0.29) is 24.8 Å². The fourth-order valence-electron chi connectivity index (χ4n) is 2.94. The van der Waals surface area contributed by atoms with Gasteiger partial charge < -0.3 is 15.7 Å². The summed E-state index contributed by atoms with van der Waals surface area (Å²) in [7, 11) is 0. The van der Waals surface area contributed by atoms with Gasteiger partial charge in [-0.05, 0) is 30.4 Å². The summed E-state index contributed by atoms with van der Waals surface area (Å²) in [6, 6.07) is 2.07. The Balaban J connectivity index is 1.65. The van der Waals surface area contributed by atoms with E-state index < -0.39 is 11.5 Å². The highest BCUT2D eigenvalue weighted by atomic mass is 32.1. The average molecular weight is 294 g/mol. The van der Waals surface area contributed by atoms with E-state index in [1.807, 2.05) is 5.38 Å². The van der Waals surface area contributed by atoms with Gasteiger partial charge in [-0.2, -0.15) is 0 Å². The molecule has 1 aliphatic heterocycles. The van der Waals surface area contributed by atoms with E-state index in [2.05, 4.69) is 13.0 Å². The van der Waals surface area contributed by atoms with Crippen LogP contribution in [0, 0.1) is 12.8 Å². The Bertz CT molecular complexity index is 571. The molecule has 2 amide bonds. The first-order valence-electron chi connectivity index (χ1n) is 6.77. The molecule has 0 aromatic carbocycles. The normalized spacial score (nSPS) is 32.4. The van der Waals surface area contributed by atoms with E-state index in [0.717, 1.165) is 6.42 Å². The molecule has 2 heterocycles. The number of aliphatic hydroxyl groups is 1. The molecule has 20 heavy (non-hydrogen) atoms. The van der Waals surface area contributed by atoms with E-state index in [1.54, 1.807) is 16.2 Å². The van der Waals surface area contributed by atoms with Gasteiger partial charge >= 0.3 is 0 Å². The number of thiophene rings is 1. The summed E-state index contributed by atoms with van der Waals surface area (Å²) in [6.07, 6.45) is 1.11. The van der Waals surface area contributed by atoms with Crippen LogP contribution in [0.25, 0.3) is 0 Å². The maximum absolute atomic E-state index is 12.4. The summed E-state index contributed by atoms with van der Waals surface area (Å²) in [5.41, 5.74) is 4.88. The van der Waals surface area contributed by atoms with Crippen molar-refractivity contribution in [3.63, 3.8) is 0 Å². The molecule has 1 saturated heterocycles. The van der Waals surface area contributed by atoms with E-state index in [0.29, 0.717) is 12.5 Å². The zero-order chi connectivity index (χ0) is 14.5. The number of β-amino-alcohol motifs (C(OH)–C–C–N with tert-alkyl or cyclic N) is 1. The molecule has 0 bridgehead atoms. The Morgan fingerprint density at radius 1 is 1.55 bits per heavy atom. The summed E-state index contributed by atoms with van der Waals surface area (Å²) in [4.78, 5) is 26.5. The monoisotopic (exact) mass is 294 g/mol. The van der Waals surface area contributed by atoms with E-state index in [1.165, 1.54) is 10.4 Å². The highest BCUT2D eigenvalue weighted by molar-refractivity contribution is 7.10. The highest BCUT2D eigenvalue weighted by Crippen LogP contribution is 2.51. The van der Waals surface area contributed by atoms with E-state index >= 15 is 0 Å². The van der Waals surface area contributed by atoms with Gasteiger partial charge in [0.1, 0.15) is 0 Å². The molecule has 1 aromatic rings. The molecule has 0 radical (unpaired) electrons. The number of hydrogen-bond donors (Lipinski definition) is 2. The van der Waals surface area contributed by atoms with Gasteiger partial charge in [0, 0.05) is 29.7 Å². The number of nitrogens with two attached hydrogens (primary N) is 1. The lowest BCUT2D eigenvalue weighted by molar-refractivity contribution is -0.137. The minimum absolute atomic E-state index is 0.00239. The van der Waals surface area contributed by atoms with Crippen molar-refractivity contribution >= 4 is 23.2 Å². The molecule has 5 nitrogen and oxygen atoms in total. The van der Waals surface area contributed by atoms with Crippen molar-refractivity contribution in [2.45, 2.75) is 31.3 Å². The molecule has 3 unspecified atom stereocenters. The van der Waals surface area contributed by atoms with Crippen LogP contribution in [0.5, 0.6) is 0 Å². The number of likely N-dealkylation sites (tertiary alicyclic amines) is 1. The number of aryl methyl sites for hydroxylation is 1. The Kier molecular flexibility index (Phi) is 3.10. The lowest BCUT2D eigenvalue weighted by Gasteiger charge is -2.20. The molecule has 2 aliphatic rings. The molecule has 108 valence electrons. The quantitative estimate of drug-likeness (QED) is 0.856. The Hall–Kier alpha value is -1.40. The van der Waals surface area contributed by atoms with Gasteiger partial charge in [-0.1, -0.05) is 0 Å². The molecule has 6 heteroatoms. The Morgan fingerprint density at radius 2 is 2.30 bits per heavy atom. The number of nitrogens with zero attached hydrogens (tertiary/aromatic N) is 1. The zero-order valence-electron chi connectivity index (χ0n) is 11.3. The standard InChI is InChI=1S/C14H18N2O3S/c1-8-2-5-20-11(8)9-6-10(9)12(17)16-4-3-14(19,7-16)13(15)18/h2,5,9-10,19H,3-4,6-7H2,1H3,(H2,15,18). The SMILES string of the molecule is Cc1ccsc1C1CC1C(=O)N1CCC(O)(C(N)=O)C1. The lowest BCUT2D eigenvalue weighted by atomic mass is 10.0. The van der Waals surface area contributed by atoms with Gasteiger partial charge in [0.25, 0.3) is 5.91 Å². The van der Waals surface area contributed by atoms with Gasteiger partial charge in [-0.25, -0.2) is 0 Å². The van der Waals surface area contributed by atoms with Crippen molar-refractivity contribution in [2.24, 2.45) is 11.7 Å². The van der Waals surface area contributed by atoms with Crippen LogP contribution >= 0.6 is 11.3 Å². The second-order valence-electron chi connectivity index (χ2n) is 5.82. The Morgan fingerprint density at radius 3 is 2.85 bits per heavy atom. The smallest absolute Gasteiger partial charge is 0.251 e. The van der Waals surface area contributed by atoms with E-state index in [9.17, 15) is 14.7 Å². The maximum atomic E-state index is 12.4. The first-order valence-corrected chi connectivity index (χ1v) is 7.65.